The Morgan fingerprint density at radius 3 is 2.87 bits per heavy atom. The van der Waals surface area contributed by atoms with Gasteiger partial charge in [0.05, 0.1) is 21.5 Å². The van der Waals surface area contributed by atoms with Crippen LogP contribution in [0.25, 0.3) is 0 Å². The average Bonchev–Trinajstić information content (AvgIpc) is 2.88. The van der Waals surface area contributed by atoms with Gasteiger partial charge in [0.25, 0.3) is 0 Å². The minimum Gasteiger partial charge on any atom is -0.324 e. The monoisotopic (exact) mass is 372 g/mol. The van der Waals surface area contributed by atoms with Crippen LogP contribution in [-0.2, 0) is 18.3 Å². The van der Waals surface area contributed by atoms with E-state index in [0.717, 1.165) is 30.2 Å². The number of carbonyl (C=O) groups excluding carboxylic acids is 1. The molecule has 1 aromatic heterocycles. The highest BCUT2D eigenvalue weighted by Crippen LogP contribution is 2.29. The predicted molar refractivity (Wildman–Crippen MR) is 95.4 cm³/mol. The molecule has 2 aromatic rings. The molecule has 0 radical (unpaired) electrons. The maximum absolute atomic E-state index is 12.0. The molecule has 1 heterocycles. The van der Waals surface area contributed by atoms with Crippen LogP contribution in [-0.4, -0.2) is 26.4 Å². The third-order valence-corrected chi connectivity index (χ3v) is 5.08. The summed E-state index contributed by atoms with van der Waals surface area (Å²) in [5, 5.41) is 12.5. The number of unbranched alkanes of at least 4 members (excludes halogenated alkanes) is 1. The molecule has 0 fully saturated rings. The lowest BCUT2D eigenvalue weighted by Gasteiger charge is -2.08. The molecule has 0 saturated carbocycles. The molecule has 5 nitrogen and oxygen atoms in total. The molecule has 0 unspecified atom stereocenters. The van der Waals surface area contributed by atoms with E-state index < -0.39 is 0 Å². The maximum atomic E-state index is 12.0. The molecular weight excluding hydrogens is 355 g/mol. The highest BCUT2D eigenvalue weighted by Gasteiger charge is 2.12. The first-order chi connectivity index (χ1) is 11.0. The van der Waals surface area contributed by atoms with Crippen molar-refractivity contribution in [1.82, 2.24) is 14.8 Å². The van der Waals surface area contributed by atoms with Crippen molar-refractivity contribution in [2.75, 3.05) is 11.1 Å². The number of hydrogen-bond acceptors (Lipinski definition) is 4. The number of benzene rings is 1. The smallest absolute Gasteiger partial charge is 0.234 e. The molecule has 0 aliphatic rings. The Bertz CT molecular complexity index is 690. The van der Waals surface area contributed by atoms with Crippen LogP contribution < -0.4 is 5.32 Å². The first kappa shape index (κ1) is 18.1. The summed E-state index contributed by atoms with van der Waals surface area (Å²) in [6.45, 7) is 2.14. The van der Waals surface area contributed by atoms with E-state index in [-0.39, 0.29) is 11.7 Å². The van der Waals surface area contributed by atoms with Crippen molar-refractivity contribution < 1.29 is 4.79 Å². The van der Waals surface area contributed by atoms with E-state index in [2.05, 4.69) is 22.4 Å². The predicted octanol–water partition coefficient (Wildman–Crippen LogP) is 4.20. The fourth-order valence-electron chi connectivity index (χ4n) is 1.94. The minimum absolute atomic E-state index is 0.169. The fraction of sp³-hybridized carbons (Fsp3) is 0.400. The van der Waals surface area contributed by atoms with E-state index in [1.807, 2.05) is 11.6 Å². The molecule has 0 aliphatic carbocycles. The van der Waals surface area contributed by atoms with Crippen LogP contribution in [0.1, 0.15) is 25.6 Å². The first-order valence-electron chi connectivity index (χ1n) is 7.27. The SMILES string of the molecule is CCCCc1nnc(SCC(=O)Nc2cccc(Cl)c2Cl)n1C. The Hall–Kier alpha value is -1.24. The van der Waals surface area contributed by atoms with E-state index in [1.165, 1.54) is 11.8 Å². The molecule has 0 atom stereocenters. The molecule has 1 aromatic carbocycles. The summed E-state index contributed by atoms with van der Waals surface area (Å²) < 4.78 is 1.93. The maximum Gasteiger partial charge on any atom is 0.234 e. The van der Waals surface area contributed by atoms with E-state index in [0.29, 0.717) is 15.7 Å². The van der Waals surface area contributed by atoms with Gasteiger partial charge in [0.2, 0.25) is 5.91 Å². The van der Waals surface area contributed by atoms with Gasteiger partial charge < -0.3 is 9.88 Å². The van der Waals surface area contributed by atoms with Gasteiger partial charge in [-0.2, -0.15) is 0 Å². The van der Waals surface area contributed by atoms with E-state index in [1.54, 1.807) is 18.2 Å². The number of anilines is 1. The zero-order valence-electron chi connectivity index (χ0n) is 13.0. The molecular formula is C15H18Cl2N4OS. The molecule has 8 heteroatoms. The molecule has 0 saturated heterocycles. The number of aromatic nitrogens is 3. The third kappa shape index (κ3) is 4.86. The molecule has 2 rings (SSSR count). The Morgan fingerprint density at radius 2 is 2.13 bits per heavy atom. The number of aryl methyl sites for hydroxylation is 1. The number of hydrogen-bond donors (Lipinski definition) is 1. The Morgan fingerprint density at radius 1 is 1.35 bits per heavy atom. The summed E-state index contributed by atoms with van der Waals surface area (Å²) in [4.78, 5) is 12.0. The van der Waals surface area contributed by atoms with Gasteiger partial charge in [0.15, 0.2) is 5.16 Å². The highest BCUT2D eigenvalue weighted by molar-refractivity contribution is 7.99. The van der Waals surface area contributed by atoms with E-state index in [4.69, 9.17) is 23.2 Å². The van der Waals surface area contributed by atoms with Gasteiger partial charge in [-0.05, 0) is 18.6 Å². The second-order valence-electron chi connectivity index (χ2n) is 5.00. The van der Waals surface area contributed by atoms with Crippen molar-refractivity contribution in [2.24, 2.45) is 7.05 Å². The van der Waals surface area contributed by atoms with Crippen LogP contribution in [0.5, 0.6) is 0 Å². The molecule has 0 bridgehead atoms. The molecule has 1 N–H and O–H groups in total. The van der Waals surface area contributed by atoms with Gasteiger partial charge in [0.1, 0.15) is 5.82 Å². The average molecular weight is 373 g/mol. The minimum atomic E-state index is -0.169. The second-order valence-corrected chi connectivity index (χ2v) is 6.73. The Kier molecular flexibility index (Phi) is 6.74. The number of nitrogens with one attached hydrogen (secondary N) is 1. The molecule has 1 amide bonds. The lowest BCUT2D eigenvalue weighted by atomic mass is 10.2. The van der Waals surface area contributed by atoms with Gasteiger partial charge >= 0.3 is 0 Å². The van der Waals surface area contributed by atoms with E-state index >= 15 is 0 Å². The number of rotatable bonds is 7. The summed E-state index contributed by atoms with van der Waals surface area (Å²) in [5.41, 5.74) is 0.506. The fourth-order valence-corrected chi connectivity index (χ4v) is 3.02. The van der Waals surface area contributed by atoms with Gasteiger partial charge in [-0.15, -0.1) is 10.2 Å². The number of amides is 1. The number of thioether (sulfide) groups is 1. The zero-order valence-corrected chi connectivity index (χ0v) is 15.3. The molecule has 124 valence electrons. The normalized spacial score (nSPS) is 10.8. The molecule has 0 aliphatic heterocycles. The van der Waals surface area contributed by atoms with Crippen LogP contribution in [0.4, 0.5) is 5.69 Å². The van der Waals surface area contributed by atoms with Crippen molar-refractivity contribution in [3.8, 4) is 0 Å². The molecule has 0 spiro atoms. The molecule has 23 heavy (non-hydrogen) atoms. The number of nitrogens with zero attached hydrogens (tertiary/aromatic N) is 3. The number of carbonyl (C=O) groups is 1. The van der Waals surface area contributed by atoms with Crippen LogP contribution in [0.2, 0.25) is 10.0 Å². The lowest BCUT2D eigenvalue weighted by Crippen LogP contribution is -2.15. The van der Waals surface area contributed by atoms with Gasteiger partial charge in [-0.3, -0.25) is 4.79 Å². The second kappa shape index (κ2) is 8.57. The summed E-state index contributed by atoms with van der Waals surface area (Å²) in [6, 6.07) is 5.12. The van der Waals surface area contributed by atoms with Crippen molar-refractivity contribution in [3.05, 3.63) is 34.1 Å². The van der Waals surface area contributed by atoms with Gasteiger partial charge in [-0.25, -0.2) is 0 Å². The van der Waals surface area contributed by atoms with Crippen LogP contribution in [0.3, 0.4) is 0 Å². The lowest BCUT2D eigenvalue weighted by molar-refractivity contribution is -0.113. The van der Waals surface area contributed by atoms with Crippen molar-refractivity contribution in [3.63, 3.8) is 0 Å². The third-order valence-electron chi connectivity index (χ3n) is 3.24. The largest absolute Gasteiger partial charge is 0.324 e. The standard InChI is InChI=1S/C15H18Cl2N4OS/c1-3-4-8-12-19-20-15(21(12)2)23-9-13(22)18-11-7-5-6-10(16)14(11)17/h5-7H,3-4,8-9H2,1-2H3,(H,18,22). The van der Waals surface area contributed by atoms with Crippen LogP contribution in [0.15, 0.2) is 23.4 Å². The Labute approximate surface area is 149 Å². The first-order valence-corrected chi connectivity index (χ1v) is 9.02. The van der Waals surface area contributed by atoms with Gasteiger partial charge in [0, 0.05) is 13.5 Å². The Balaban J connectivity index is 1.92. The zero-order chi connectivity index (χ0) is 16.8. The number of halogens is 2. The van der Waals surface area contributed by atoms with E-state index in [9.17, 15) is 4.79 Å². The topological polar surface area (TPSA) is 59.8 Å². The van der Waals surface area contributed by atoms with Crippen LogP contribution in [0, 0.1) is 0 Å². The van der Waals surface area contributed by atoms with Crippen molar-refractivity contribution in [2.45, 2.75) is 31.3 Å². The van der Waals surface area contributed by atoms with Crippen molar-refractivity contribution in [1.29, 1.82) is 0 Å². The van der Waals surface area contributed by atoms with Crippen molar-refractivity contribution >= 4 is 46.6 Å². The summed E-state index contributed by atoms with van der Waals surface area (Å²) in [6.07, 6.45) is 3.08. The van der Waals surface area contributed by atoms with Gasteiger partial charge in [-0.1, -0.05) is 54.4 Å². The summed E-state index contributed by atoms with van der Waals surface area (Å²) in [5.74, 6) is 0.993. The highest BCUT2D eigenvalue weighted by atomic mass is 35.5. The van der Waals surface area contributed by atoms with Crippen LogP contribution >= 0.6 is 35.0 Å². The quantitative estimate of drug-likeness (QED) is 0.739. The summed E-state index contributed by atoms with van der Waals surface area (Å²) in [7, 11) is 1.92. The summed E-state index contributed by atoms with van der Waals surface area (Å²) >= 11 is 13.3.